The zero-order chi connectivity index (χ0) is 34.2. The molecule has 3 aromatic heterocycles. The van der Waals surface area contributed by atoms with E-state index in [1.807, 2.05) is 17.4 Å². The molecule has 0 bridgehead atoms. The number of thiophene rings is 1. The van der Waals surface area contributed by atoms with Crippen molar-refractivity contribution in [3.05, 3.63) is 182 Å². The van der Waals surface area contributed by atoms with Crippen LogP contribution in [0.25, 0.3) is 80.7 Å². The van der Waals surface area contributed by atoms with Gasteiger partial charge in [0.1, 0.15) is 11.2 Å². The zero-order valence-corrected chi connectivity index (χ0v) is 28.8. The first-order valence-electron chi connectivity index (χ1n) is 17.6. The minimum Gasteiger partial charge on any atom is -0.456 e. The van der Waals surface area contributed by atoms with Gasteiger partial charge < -0.3 is 13.9 Å². The first-order chi connectivity index (χ1) is 25.8. The number of hydrogen-bond acceptors (Lipinski definition) is 3. The summed E-state index contributed by atoms with van der Waals surface area (Å²) in [6, 6.07) is 65.4. The Bertz CT molecular complexity index is 3130. The maximum Gasteiger partial charge on any atom is 0.137 e. The topological polar surface area (TPSA) is 21.3 Å². The van der Waals surface area contributed by atoms with Crippen LogP contribution >= 0.6 is 11.3 Å². The second-order valence-corrected chi connectivity index (χ2v) is 14.4. The van der Waals surface area contributed by atoms with E-state index < -0.39 is 0 Å². The second kappa shape index (κ2) is 11.5. The number of fused-ring (bicyclic) bond motifs is 9. The van der Waals surface area contributed by atoms with E-state index in [-0.39, 0.29) is 0 Å². The van der Waals surface area contributed by atoms with Gasteiger partial charge in [-0.05, 0) is 83.9 Å². The van der Waals surface area contributed by atoms with Crippen molar-refractivity contribution in [1.29, 1.82) is 0 Å². The number of furan rings is 1. The minimum atomic E-state index is 0.871. The highest BCUT2D eigenvalue weighted by atomic mass is 32.1. The third kappa shape index (κ3) is 4.38. The molecule has 244 valence electrons. The molecule has 8 aromatic carbocycles. The van der Waals surface area contributed by atoms with Crippen molar-refractivity contribution >= 4 is 92.3 Å². The van der Waals surface area contributed by atoms with Crippen LogP contribution in [0.4, 0.5) is 17.1 Å². The Labute approximate surface area is 303 Å². The average molecular weight is 683 g/mol. The van der Waals surface area contributed by atoms with E-state index in [2.05, 4.69) is 185 Å². The van der Waals surface area contributed by atoms with Crippen LogP contribution in [0, 0.1) is 0 Å². The summed E-state index contributed by atoms with van der Waals surface area (Å²) in [5.41, 5.74) is 10.9. The molecule has 11 rings (SSSR count). The van der Waals surface area contributed by atoms with Crippen molar-refractivity contribution in [2.45, 2.75) is 0 Å². The molecule has 0 spiro atoms. The van der Waals surface area contributed by atoms with Gasteiger partial charge in [-0.15, -0.1) is 11.3 Å². The van der Waals surface area contributed by atoms with Gasteiger partial charge in [0.2, 0.25) is 0 Å². The van der Waals surface area contributed by atoms with Gasteiger partial charge in [0.15, 0.2) is 0 Å². The van der Waals surface area contributed by atoms with Crippen molar-refractivity contribution in [1.82, 2.24) is 4.57 Å². The van der Waals surface area contributed by atoms with Gasteiger partial charge in [-0.1, -0.05) is 109 Å². The van der Waals surface area contributed by atoms with Gasteiger partial charge in [0.25, 0.3) is 0 Å². The lowest BCUT2D eigenvalue weighted by Crippen LogP contribution is -2.10. The van der Waals surface area contributed by atoms with E-state index in [4.69, 9.17) is 4.42 Å². The molecule has 0 unspecified atom stereocenters. The molecule has 52 heavy (non-hydrogen) atoms. The lowest BCUT2D eigenvalue weighted by atomic mass is 9.99. The first kappa shape index (κ1) is 29.1. The second-order valence-electron chi connectivity index (χ2n) is 13.3. The summed E-state index contributed by atoms with van der Waals surface area (Å²) in [7, 11) is 0. The lowest BCUT2D eigenvalue weighted by molar-refractivity contribution is 0.669. The molecule has 3 heterocycles. The predicted octanol–water partition coefficient (Wildman–Crippen LogP) is 14.2. The third-order valence-electron chi connectivity index (χ3n) is 10.4. The molecular weight excluding hydrogens is 653 g/mol. The van der Waals surface area contributed by atoms with Gasteiger partial charge in [-0.25, -0.2) is 0 Å². The quantitative estimate of drug-likeness (QED) is 0.180. The molecule has 11 aromatic rings. The Hall–Kier alpha value is -6.62. The highest BCUT2D eigenvalue weighted by Gasteiger charge is 2.22. The van der Waals surface area contributed by atoms with Gasteiger partial charge >= 0.3 is 0 Å². The van der Waals surface area contributed by atoms with Crippen molar-refractivity contribution in [2.75, 3.05) is 4.90 Å². The number of nitrogens with zero attached hydrogens (tertiary/aromatic N) is 2. The Kier molecular flexibility index (Phi) is 6.42. The lowest BCUT2D eigenvalue weighted by Gasteiger charge is -2.27. The molecule has 0 saturated carbocycles. The predicted molar refractivity (Wildman–Crippen MR) is 221 cm³/mol. The fourth-order valence-electron chi connectivity index (χ4n) is 8.13. The normalized spacial score (nSPS) is 11.8. The van der Waals surface area contributed by atoms with Crippen molar-refractivity contribution < 1.29 is 4.42 Å². The van der Waals surface area contributed by atoms with Crippen molar-refractivity contribution in [2.24, 2.45) is 0 Å². The average Bonchev–Trinajstić information content (AvgIpc) is 3.88. The van der Waals surface area contributed by atoms with Gasteiger partial charge in [-0.2, -0.15) is 0 Å². The molecule has 3 nitrogen and oxygen atoms in total. The molecule has 0 aliphatic carbocycles. The van der Waals surface area contributed by atoms with Crippen LogP contribution in [-0.4, -0.2) is 4.57 Å². The maximum absolute atomic E-state index is 6.42. The largest absolute Gasteiger partial charge is 0.456 e. The molecule has 0 aliphatic heterocycles. The third-order valence-corrected chi connectivity index (χ3v) is 11.5. The smallest absolute Gasteiger partial charge is 0.137 e. The van der Waals surface area contributed by atoms with Gasteiger partial charge in [0, 0.05) is 53.4 Å². The Morgan fingerprint density at radius 3 is 2.00 bits per heavy atom. The first-order valence-corrected chi connectivity index (χ1v) is 18.4. The Morgan fingerprint density at radius 2 is 1.12 bits per heavy atom. The summed E-state index contributed by atoms with van der Waals surface area (Å²) in [6.07, 6.45) is 0. The number of hydrogen-bond donors (Lipinski definition) is 0. The molecule has 0 amide bonds. The molecule has 0 aliphatic rings. The van der Waals surface area contributed by atoms with Crippen LogP contribution in [0.1, 0.15) is 0 Å². The van der Waals surface area contributed by atoms with Crippen LogP contribution in [0.3, 0.4) is 0 Å². The van der Waals surface area contributed by atoms with E-state index in [0.29, 0.717) is 0 Å². The molecule has 0 atom stereocenters. The van der Waals surface area contributed by atoms with Crippen LogP contribution in [-0.2, 0) is 0 Å². The molecule has 0 radical (unpaired) electrons. The molecule has 0 fully saturated rings. The van der Waals surface area contributed by atoms with Crippen LogP contribution in [0.2, 0.25) is 0 Å². The maximum atomic E-state index is 6.42. The standard InChI is InChI=1S/C48H30N2OS/c1-2-12-32(13-3-1)50-40-18-7-4-14-36(40)37-29-28-34(30-42(37)50)49(41-19-11-21-44-48(41)38-15-5-8-20-43(38)51-44)33-26-24-31(25-27-33)35-17-10-23-46-47(35)39-16-6-9-22-45(39)52-46/h1-30H. The van der Waals surface area contributed by atoms with Crippen molar-refractivity contribution in [3.8, 4) is 16.8 Å². The summed E-state index contributed by atoms with van der Waals surface area (Å²) >= 11 is 1.86. The Morgan fingerprint density at radius 1 is 0.442 bits per heavy atom. The van der Waals surface area contributed by atoms with Gasteiger partial charge in [0.05, 0.1) is 22.1 Å². The van der Waals surface area contributed by atoms with E-state index >= 15 is 0 Å². The summed E-state index contributed by atoms with van der Waals surface area (Å²) in [5.74, 6) is 0. The Balaban J connectivity index is 1.15. The zero-order valence-electron chi connectivity index (χ0n) is 28.0. The summed E-state index contributed by atoms with van der Waals surface area (Å²) in [4.78, 5) is 2.39. The SMILES string of the molecule is c1ccc(-n2c3ccccc3c3ccc(N(c4ccc(-c5cccc6sc7ccccc7c56)cc4)c4cccc5oc6ccccc6c45)cc32)cc1. The van der Waals surface area contributed by atoms with Crippen LogP contribution in [0.5, 0.6) is 0 Å². The molecular formula is C48H30N2OS. The molecule has 4 heteroatoms. The van der Waals surface area contributed by atoms with Crippen molar-refractivity contribution in [3.63, 3.8) is 0 Å². The number of anilines is 3. The summed E-state index contributed by atoms with van der Waals surface area (Å²) in [5, 5.41) is 7.29. The number of aromatic nitrogens is 1. The monoisotopic (exact) mass is 682 g/mol. The number of rotatable bonds is 5. The number of benzene rings is 8. The number of para-hydroxylation sites is 3. The minimum absolute atomic E-state index is 0.871. The molecule has 0 N–H and O–H groups in total. The summed E-state index contributed by atoms with van der Waals surface area (Å²) < 4.78 is 11.4. The van der Waals surface area contributed by atoms with E-state index in [0.717, 1.165) is 50.2 Å². The van der Waals surface area contributed by atoms with E-state index in [1.165, 1.54) is 47.6 Å². The highest BCUT2D eigenvalue weighted by Crippen LogP contribution is 2.46. The van der Waals surface area contributed by atoms with Crippen LogP contribution in [0.15, 0.2) is 186 Å². The molecule has 0 saturated heterocycles. The fourth-order valence-corrected chi connectivity index (χ4v) is 9.26. The fraction of sp³-hybridized carbons (Fsp3) is 0. The van der Waals surface area contributed by atoms with Gasteiger partial charge in [-0.3, -0.25) is 0 Å². The van der Waals surface area contributed by atoms with E-state index in [9.17, 15) is 0 Å². The van der Waals surface area contributed by atoms with Crippen LogP contribution < -0.4 is 4.90 Å². The summed E-state index contributed by atoms with van der Waals surface area (Å²) in [6.45, 7) is 0. The van der Waals surface area contributed by atoms with E-state index in [1.54, 1.807) is 0 Å². The highest BCUT2D eigenvalue weighted by molar-refractivity contribution is 7.25.